The van der Waals surface area contributed by atoms with Gasteiger partial charge in [-0.25, -0.2) is 0 Å². The maximum atomic E-state index is 12.3. The van der Waals surface area contributed by atoms with Crippen molar-refractivity contribution in [2.24, 2.45) is 0 Å². The number of rotatable bonds is 7. The number of unbranched alkanes of at least 4 members (excludes halogenated alkanes) is 2. The number of hydrogen-bond donors (Lipinski definition) is 2. The van der Waals surface area contributed by atoms with E-state index in [4.69, 9.17) is 5.26 Å². The Morgan fingerprint density at radius 2 is 1.60 bits per heavy atom. The lowest BCUT2D eigenvalue weighted by Gasteiger charge is -2.08. The minimum atomic E-state index is -0.322. The van der Waals surface area contributed by atoms with E-state index in [1.54, 1.807) is 48.5 Å². The summed E-state index contributed by atoms with van der Waals surface area (Å²) < 4.78 is 0. The number of amides is 2. The van der Waals surface area contributed by atoms with Gasteiger partial charge in [0.1, 0.15) is 6.07 Å². The van der Waals surface area contributed by atoms with Gasteiger partial charge in [-0.2, -0.15) is 5.26 Å². The van der Waals surface area contributed by atoms with Gasteiger partial charge in [0.05, 0.1) is 11.3 Å². The van der Waals surface area contributed by atoms with E-state index in [9.17, 15) is 9.59 Å². The number of anilines is 1. The van der Waals surface area contributed by atoms with E-state index < -0.39 is 0 Å². The van der Waals surface area contributed by atoms with Crippen LogP contribution in [0.25, 0.3) is 0 Å². The Labute approximate surface area is 147 Å². The molecule has 0 unspecified atom stereocenters. The molecule has 0 aliphatic rings. The molecule has 0 fully saturated rings. The second-order valence-corrected chi connectivity index (χ2v) is 5.65. The lowest BCUT2D eigenvalue weighted by Crippen LogP contribution is -2.24. The molecule has 0 radical (unpaired) electrons. The van der Waals surface area contributed by atoms with Gasteiger partial charge in [-0.1, -0.05) is 31.9 Å². The van der Waals surface area contributed by atoms with Crippen molar-refractivity contribution in [1.29, 1.82) is 5.26 Å². The smallest absolute Gasteiger partial charge is 0.255 e. The number of hydrogen-bond acceptors (Lipinski definition) is 3. The van der Waals surface area contributed by atoms with Crippen LogP contribution in [0.1, 0.15) is 52.5 Å². The average Bonchev–Trinajstić information content (AvgIpc) is 2.65. The Morgan fingerprint density at radius 1 is 0.960 bits per heavy atom. The minimum absolute atomic E-state index is 0.141. The first kappa shape index (κ1) is 18.2. The van der Waals surface area contributed by atoms with Crippen LogP contribution < -0.4 is 10.6 Å². The molecule has 0 saturated carbocycles. The summed E-state index contributed by atoms with van der Waals surface area (Å²) in [6.07, 6.45) is 3.15. The van der Waals surface area contributed by atoms with Crippen molar-refractivity contribution in [2.75, 3.05) is 11.9 Å². The highest BCUT2D eigenvalue weighted by atomic mass is 16.2. The van der Waals surface area contributed by atoms with Crippen molar-refractivity contribution in [1.82, 2.24) is 5.32 Å². The molecule has 2 aromatic carbocycles. The van der Waals surface area contributed by atoms with E-state index >= 15 is 0 Å². The van der Waals surface area contributed by atoms with Crippen molar-refractivity contribution < 1.29 is 9.59 Å². The Morgan fingerprint density at radius 3 is 2.24 bits per heavy atom. The fraction of sp³-hybridized carbons (Fsp3) is 0.250. The number of para-hydroxylation sites is 1. The van der Waals surface area contributed by atoms with Gasteiger partial charge in [-0.15, -0.1) is 0 Å². The summed E-state index contributed by atoms with van der Waals surface area (Å²) in [4.78, 5) is 24.3. The van der Waals surface area contributed by atoms with Gasteiger partial charge >= 0.3 is 0 Å². The van der Waals surface area contributed by atoms with Gasteiger partial charge in [0.2, 0.25) is 0 Å². The largest absolute Gasteiger partial charge is 0.352 e. The standard InChI is InChI=1S/C20H21N3O2/c1-2-3-6-13-22-19(24)15-9-11-16(12-10-15)20(25)23-18-8-5-4-7-17(18)14-21/h4-5,7-12H,2-3,6,13H2,1H3,(H,22,24)(H,23,25). The first-order valence-corrected chi connectivity index (χ1v) is 8.34. The number of carbonyl (C=O) groups is 2. The molecule has 0 heterocycles. The summed E-state index contributed by atoms with van der Waals surface area (Å²) >= 11 is 0. The minimum Gasteiger partial charge on any atom is -0.352 e. The Balaban J connectivity index is 1.98. The van der Waals surface area contributed by atoms with E-state index in [0.29, 0.717) is 28.9 Å². The molecule has 2 N–H and O–H groups in total. The van der Waals surface area contributed by atoms with Gasteiger partial charge < -0.3 is 10.6 Å². The Bertz CT molecular complexity index is 776. The molecule has 0 saturated heterocycles. The summed E-state index contributed by atoms with van der Waals surface area (Å²) in [7, 11) is 0. The predicted molar refractivity (Wildman–Crippen MR) is 97.4 cm³/mol. The zero-order valence-corrected chi connectivity index (χ0v) is 14.2. The molecule has 25 heavy (non-hydrogen) atoms. The molecule has 0 atom stereocenters. The zero-order chi connectivity index (χ0) is 18.1. The van der Waals surface area contributed by atoms with Crippen molar-refractivity contribution in [2.45, 2.75) is 26.2 Å². The fourth-order valence-corrected chi connectivity index (χ4v) is 2.34. The van der Waals surface area contributed by atoms with Gasteiger partial charge in [-0.05, 0) is 42.8 Å². The third-order valence-electron chi connectivity index (χ3n) is 3.77. The van der Waals surface area contributed by atoms with Crippen LogP contribution >= 0.6 is 0 Å². The lowest BCUT2D eigenvalue weighted by atomic mass is 10.1. The maximum absolute atomic E-state index is 12.3. The van der Waals surface area contributed by atoms with E-state index in [2.05, 4.69) is 17.6 Å². The lowest BCUT2D eigenvalue weighted by molar-refractivity contribution is 0.0951. The SMILES string of the molecule is CCCCCNC(=O)c1ccc(C(=O)Nc2ccccc2C#N)cc1. The van der Waals surface area contributed by atoms with E-state index in [1.165, 1.54) is 0 Å². The van der Waals surface area contributed by atoms with Crippen molar-refractivity contribution >= 4 is 17.5 Å². The number of carbonyl (C=O) groups excluding carboxylic acids is 2. The van der Waals surface area contributed by atoms with E-state index in [-0.39, 0.29) is 11.8 Å². The van der Waals surface area contributed by atoms with Gasteiger partial charge in [-0.3, -0.25) is 9.59 Å². The molecule has 0 aromatic heterocycles. The Kier molecular flexibility index (Phi) is 6.73. The van der Waals surface area contributed by atoms with Crippen LogP contribution in [-0.2, 0) is 0 Å². The summed E-state index contributed by atoms with van der Waals surface area (Å²) in [5.74, 6) is -0.463. The fourth-order valence-electron chi connectivity index (χ4n) is 2.34. The highest BCUT2D eigenvalue weighted by Crippen LogP contribution is 2.15. The number of nitrogens with zero attached hydrogens (tertiary/aromatic N) is 1. The molecular weight excluding hydrogens is 314 g/mol. The monoisotopic (exact) mass is 335 g/mol. The molecule has 5 heteroatoms. The number of benzene rings is 2. The van der Waals surface area contributed by atoms with Gasteiger partial charge in [0, 0.05) is 17.7 Å². The highest BCUT2D eigenvalue weighted by molar-refractivity contribution is 6.05. The quantitative estimate of drug-likeness (QED) is 0.756. The molecule has 0 aliphatic heterocycles. The normalized spacial score (nSPS) is 9.92. The molecule has 0 bridgehead atoms. The van der Waals surface area contributed by atoms with Crippen LogP contribution in [0, 0.1) is 11.3 Å². The van der Waals surface area contributed by atoms with Crippen LogP contribution in [0.2, 0.25) is 0 Å². The third-order valence-corrected chi connectivity index (χ3v) is 3.77. The van der Waals surface area contributed by atoms with Crippen LogP contribution in [0.15, 0.2) is 48.5 Å². The number of nitrogens with one attached hydrogen (secondary N) is 2. The highest BCUT2D eigenvalue weighted by Gasteiger charge is 2.10. The first-order valence-electron chi connectivity index (χ1n) is 8.34. The van der Waals surface area contributed by atoms with Gasteiger partial charge in [0.15, 0.2) is 0 Å². The second-order valence-electron chi connectivity index (χ2n) is 5.65. The molecule has 5 nitrogen and oxygen atoms in total. The van der Waals surface area contributed by atoms with Crippen molar-refractivity contribution in [3.63, 3.8) is 0 Å². The summed E-state index contributed by atoms with van der Waals surface area (Å²) in [5.41, 5.74) is 1.81. The first-order chi connectivity index (χ1) is 12.2. The number of nitriles is 1. The van der Waals surface area contributed by atoms with E-state index in [1.807, 2.05) is 6.07 Å². The van der Waals surface area contributed by atoms with Crippen molar-refractivity contribution in [3.05, 3.63) is 65.2 Å². The average molecular weight is 335 g/mol. The van der Waals surface area contributed by atoms with Crippen LogP contribution in [0.5, 0.6) is 0 Å². The van der Waals surface area contributed by atoms with Crippen LogP contribution in [0.3, 0.4) is 0 Å². The molecule has 128 valence electrons. The second kappa shape index (κ2) is 9.24. The van der Waals surface area contributed by atoms with Gasteiger partial charge in [0.25, 0.3) is 11.8 Å². The summed E-state index contributed by atoms with van der Waals surface area (Å²) in [6, 6.07) is 15.3. The predicted octanol–water partition coefficient (Wildman–Crippen LogP) is 3.73. The van der Waals surface area contributed by atoms with Crippen LogP contribution in [0.4, 0.5) is 5.69 Å². The molecule has 2 amide bonds. The van der Waals surface area contributed by atoms with Crippen molar-refractivity contribution in [3.8, 4) is 6.07 Å². The maximum Gasteiger partial charge on any atom is 0.255 e. The molecular formula is C20H21N3O2. The summed E-state index contributed by atoms with van der Waals surface area (Å²) in [5, 5.41) is 14.6. The zero-order valence-electron chi connectivity index (χ0n) is 14.2. The Hall–Kier alpha value is -3.13. The topological polar surface area (TPSA) is 82.0 Å². The van der Waals surface area contributed by atoms with E-state index in [0.717, 1.165) is 19.3 Å². The molecule has 2 aromatic rings. The summed E-state index contributed by atoms with van der Waals surface area (Å²) in [6.45, 7) is 2.76. The van der Waals surface area contributed by atoms with Crippen LogP contribution in [-0.4, -0.2) is 18.4 Å². The molecule has 0 spiro atoms. The molecule has 0 aliphatic carbocycles. The molecule has 2 rings (SSSR count). The third kappa shape index (κ3) is 5.18.